The summed E-state index contributed by atoms with van der Waals surface area (Å²) in [6.45, 7) is 2.17. The van der Waals surface area contributed by atoms with Gasteiger partial charge in [-0.25, -0.2) is 13.1 Å². The molecule has 5 nitrogen and oxygen atoms in total. The van der Waals surface area contributed by atoms with Crippen molar-refractivity contribution in [2.24, 2.45) is 11.8 Å². The maximum Gasteiger partial charge on any atom is 0.214 e. The minimum Gasteiger partial charge on any atom is -0.362 e. The van der Waals surface area contributed by atoms with Crippen LogP contribution < -0.4 is 4.72 Å². The van der Waals surface area contributed by atoms with Crippen molar-refractivity contribution in [2.45, 2.75) is 44.8 Å². The number of hydrogen-bond donors (Lipinski definition) is 1. The van der Waals surface area contributed by atoms with E-state index in [1.807, 2.05) is 0 Å². The van der Waals surface area contributed by atoms with E-state index in [4.69, 9.17) is 10.00 Å². The second-order valence-electron chi connectivity index (χ2n) is 5.21. The molecule has 0 aromatic rings. The van der Waals surface area contributed by atoms with Crippen molar-refractivity contribution in [1.82, 2.24) is 4.72 Å². The van der Waals surface area contributed by atoms with Crippen molar-refractivity contribution in [3.8, 4) is 6.07 Å². The number of ether oxygens (including phenoxy) is 1. The van der Waals surface area contributed by atoms with Crippen LogP contribution in [0.2, 0.25) is 0 Å². The van der Waals surface area contributed by atoms with E-state index >= 15 is 0 Å². The van der Waals surface area contributed by atoms with Gasteiger partial charge < -0.3 is 4.74 Å². The van der Waals surface area contributed by atoms with Gasteiger partial charge in [0.15, 0.2) is 0 Å². The first-order chi connectivity index (χ1) is 8.55. The molecular weight excluding hydrogens is 252 g/mol. The molecule has 2 rings (SSSR count). The van der Waals surface area contributed by atoms with Gasteiger partial charge >= 0.3 is 0 Å². The van der Waals surface area contributed by atoms with Gasteiger partial charge in [-0.05, 0) is 31.1 Å². The van der Waals surface area contributed by atoms with E-state index in [-0.39, 0.29) is 18.4 Å². The van der Waals surface area contributed by atoms with E-state index in [2.05, 4.69) is 17.7 Å². The lowest BCUT2D eigenvalue weighted by Gasteiger charge is -2.10. The van der Waals surface area contributed by atoms with Gasteiger partial charge in [-0.3, -0.25) is 0 Å². The highest BCUT2D eigenvalue weighted by molar-refractivity contribution is 7.89. The third kappa shape index (κ3) is 3.94. The van der Waals surface area contributed by atoms with Gasteiger partial charge in [0.2, 0.25) is 10.0 Å². The number of sulfonamides is 1. The molecule has 1 unspecified atom stereocenters. The van der Waals surface area contributed by atoms with Crippen molar-refractivity contribution >= 4 is 10.0 Å². The Hall–Kier alpha value is -0.640. The molecule has 102 valence electrons. The third-order valence-corrected chi connectivity index (χ3v) is 4.97. The molecule has 0 bridgehead atoms. The quantitative estimate of drug-likeness (QED) is 0.715. The molecule has 2 aliphatic rings. The Balaban J connectivity index is 1.67. The van der Waals surface area contributed by atoms with Gasteiger partial charge in [-0.15, -0.1) is 0 Å². The molecule has 6 heteroatoms. The molecule has 0 radical (unpaired) electrons. The number of rotatable bonds is 8. The highest BCUT2D eigenvalue weighted by atomic mass is 32.2. The second kappa shape index (κ2) is 5.55. The summed E-state index contributed by atoms with van der Waals surface area (Å²) >= 11 is 0. The predicted octanol–water partition coefficient (Wildman–Crippen LogP) is 1.02. The molecule has 0 saturated heterocycles. The molecule has 1 N–H and O–H groups in total. The Morgan fingerprint density at radius 2 is 2.22 bits per heavy atom. The van der Waals surface area contributed by atoms with Crippen LogP contribution in [0.15, 0.2) is 0 Å². The molecule has 0 spiro atoms. The molecule has 2 saturated carbocycles. The second-order valence-corrected chi connectivity index (χ2v) is 7.08. The Bertz CT molecular complexity index is 425. The van der Waals surface area contributed by atoms with Gasteiger partial charge in [-0.2, -0.15) is 5.26 Å². The van der Waals surface area contributed by atoms with E-state index in [1.165, 1.54) is 0 Å². The van der Waals surface area contributed by atoms with E-state index in [1.54, 1.807) is 0 Å². The smallest absolute Gasteiger partial charge is 0.214 e. The molecular formula is C12H20N2O3S. The monoisotopic (exact) mass is 272 g/mol. The molecule has 0 aromatic carbocycles. The summed E-state index contributed by atoms with van der Waals surface area (Å²) in [7, 11) is -3.25. The first-order valence-electron chi connectivity index (χ1n) is 6.57. The van der Waals surface area contributed by atoms with E-state index in [9.17, 15) is 8.42 Å². The van der Waals surface area contributed by atoms with Crippen molar-refractivity contribution in [3.05, 3.63) is 0 Å². The number of nitrogens with zero attached hydrogens (tertiary/aromatic N) is 1. The maximum atomic E-state index is 11.7. The summed E-state index contributed by atoms with van der Waals surface area (Å²) in [5.74, 6) is 0.766. The zero-order chi connectivity index (χ0) is 13.2. The van der Waals surface area contributed by atoms with Crippen LogP contribution in [0.25, 0.3) is 0 Å². The topological polar surface area (TPSA) is 79.2 Å². The molecule has 0 aliphatic heterocycles. The van der Waals surface area contributed by atoms with E-state index < -0.39 is 16.1 Å². The van der Waals surface area contributed by atoms with Gasteiger partial charge in [0.05, 0.1) is 18.4 Å². The van der Waals surface area contributed by atoms with Crippen molar-refractivity contribution in [2.75, 3.05) is 12.4 Å². The van der Waals surface area contributed by atoms with Gasteiger partial charge in [-0.1, -0.05) is 13.3 Å². The van der Waals surface area contributed by atoms with Crippen molar-refractivity contribution in [1.29, 1.82) is 5.26 Å². The molecule has 18 heavy (non-hydrogen) atoms. The van der Waals surface area contributed by atoms with Crippen LogP contribution in [-0.2, 0) is 14.8 Å². The first-order valence-corrected chi connectivity index (χ1v) is 8.22. The van der Waals surface area contributed by atoms with Gasteiger partial charge in [0, 0.05) is 6.04 Å². The molecule has 2 fully saturated rings. The standard InChI is InChI=1S/C12H20N2O3S/c1-2-9-7-11(9)14-18(15,16)6-5-17-12(8-13)10-3-4-10/h9-12,14H,2-7H2,1H3/t9-,11-,12?/m1/s1. The average molecular weight is 272 g/mol. The highest BCUT2D eigenvalue weighted by Gasteiger charge is 2.38. The Labute approximate surface area is 109 Å². The fourth-order valence-corrected chi connectivity index (χ4v) is 3.28. The SMILES string of the molecule is CC[C@@H]1C[C@H]1NS(=O)(=O)CCOC(C#N)C1CC1. The first kappa shape index (κ1) is 13.8. The summed E-state index contributed by atoms with van der Waals surface area (Å²) < 4.78 is 31.5. The molecule has 2 aliphatic carbocycles. The summed E-state index contributed by atoms with van der Waals surface area (Å²) in [5, 5.41) is 8.85. The van der Waals surface area contributed by atoms with E-state index in [0.717, 1.165) is 25.7 Å². The van der Waals surface area contributed by atoms with Crippen LogP contribution in [0.5, 0.6) is 0 Å². The number of hydrogen-bond acceptors (Lipinski definition) is 4. The Kier molecular flexibility index (Phi) is 4.25. The van der Waals surface area contributed by atoms with Crippen LogP contribution in [-0.4, -0.2) is 32.9 Å². The lowest BCUT2D eigenvalue weighted by Crippen LogP contribution is -2.32. The summed E-state index contributed by atoms with van der Waals surface area (Å²) in [6.07, 6.45) is 3.57. The summed E-state index contributed by atoms with van der Waals surface area (Å²) in [4.78, 5) is 0. The Morgan fingerprint density at radius 1 is 1.50 bits per heavy atom. The van der Waals surface area contributed by atoms with Crippen LogP contribution in [0.3, 0.4) is 0 Å². The normalized spacial score (nSPS) is 28.7. The number of nitriles is 1. The van der Waals surface area contributed by atoms with Crippen LogP contribution in [0, 0.1) is 23.2 Å². The average Bonchev–Trinajstić information content (AvgIpc) is 3.18. The summed E-state index contributed by atoms with van der Waals surface area (Å²) in [6, 6.07) is 2.20. The number of nitrogens with one attached hydrogen (secondary N) is 1. The van der Waals surface area contributed by atoms with Crippen molar-refractivity contribution < 1.29 is 13.2 Å². The molecule has 0 amide bonds. The maximum absolute atomic E-state index is 11.7. The van der Waals surface area contributed by atoms with Crippen LogP contribution in [0.4, 0.5) is 0 Å². The van der Waals surface area contributed by atoms with Crippen LogP contribution in [0.1, 0.15) is 32.6 Å². The minimum atomic E-state index is -3.25. The fraction of sp³-hybridized carbons (Fsp3) is 0.917. The molecule has 0 aromatic heterocycles. The third-order valence-electron chi connectivity index (χ3n) is 3.60. The van der Waals surface area contributed by atoms with E-state index in [0.29, 0.717) is 11.8 Å². The fourth-order valence-electron chi connectivity index (χ4n) is 2.10. The molecule has 0 heterocycles. The van der Waals surface area contributed by atoms with Gasteiger partial charge in [0.1, 0.15) is 6.10 Å². The van der Waals surface area contributed by atoms with Gasteiger partial charge in [0.25, 0.3) is 0 Å². The lowest BCUT2D eigenvalue weighted by molar-refractivity contribution is 0.0876. The predicted molar refractivity (Wildman–Crippen MR) is 67.2 cm³/mol. The largest absolute Gasteiger partial charge is 0.362 e. The van der Waals surface area contributed by atoms with Crippen molar-refractivity contribution in [3.63, 3.8) is 0 Å². The zero-order valence-electron chi connectivity index (χ0n) is 10.6. The van der Waals surface area contributed by atoms with Crippen LogP contribution >= 0.6 is 0 Å². The Morgan fingerprint density at radius 3 is 2.72 bits per heavy atom. The summed E-state index contributed by atoms with van der Waals surface area (Å²) in [5.41, 5.74) is 0. The molecule has 3 atom stereocenters. The highest BCUT2D eigenvalue weighted by Crippen LogP contribution is 2.34. The minimum absolute atomic E-state index is 0.0508. The zero-order valence-corrected chi connectivity index (χ0v) is 11.4. The lowest BCUT2D eigenvalue weighted by atomic mass is 10.2.